The molecule has 2 aromatic rings. The molecule has 0 fully saturated rings. The van der Waals surface area contributed by atoms with Gasteiger partial charge in [-0.15, -0.1) is 0 Å². The lowest BCUT2D eigenvalue weighted by atomic mass is 10.1. The van der Waals surface area contributed by atoms with Crippen LogP contribution in [0.15, 0.2) is 43.0 Å². The Hall–Kier alpha value is -1.81. The molecule has 4 heteroatoms. The van der Waals surface area contributed by atoms with Crippen LogP contribution in [0, 0.1) is 0 Å². The molecule has 0 unspecified atom stereocenters. The van der Waals surface area contributed by atoms with Crippen molar-refractivity contribution in [3.05, 3.63) is 48.5 Å². The number of fused-ring (bicyclic) bond motifs is 1. The van der Waals surface area contributed by atoms with E-state index in [2.05, 4.69) is 6.58 Å². The smallest absolute Gasteiger partial charge is 0.299 e. The van der Waals surface area contributed by atoms with E-state index in [4.69, 9.17) is 4.18 Å². The molecule has 0 spiro atoms. The van der Waals surface area contributed by atoms with Crippen LogP contribution < -0.4 is 4.18 Å². The highest BCUT2D eigenvalue weighted by atomic mass is 32.2. The zero-order valence-corrected chi connectivity index (χ0v) is 9.31. The third-order valence-electron chi connectivity index (χ3n) is 2.30. The molecule has 0 saturated heterocycles. The molecule has 0 aliphatic carbocycles. The Kier molecular flexibility index (Phi) is 2.92. The second-order valence-corrected chi connectivity index (χ2v) is 3.85. The molecule has 2 aromatic carbocycles. The first-order chi connectivity index (χ1) is 7.72. The normalized spacial score (nSPS) is 10.6. The van der Waals surface area contributed by atoms with Crippen LogP contribution in [0.1, 0.15) is 5.56 Å². The highest BCUT2D eigenvalue weighted by molar-refractivity contribution is 7.67. The fourth-order valence-corrected chi connectivity index (χ4v) is 1.95. The average Bonchev–Trinajstić information content (AvgIpc) is 2.29. The maximum atomic E-state index is 10.7. The van der Waals surface area contributed by atoms with Gasteiger partial charge < -0.3 is 4.18 Å². The summed E-state index contributed by atoms with van der Waals surface area (Å²) in [5.74, 6) is 0.337. The van der Waals surface area contributed by atoms with E-state index in [-0.39, 0.29) is 0 Å². The summed E-state index contributed by atoms with van der Waals surface area (Å²) in [5, 5.41) is 1.69. The summed E-state index contributed by atoms with van der Waals surface area (Å²) in [6, 6.07) is 11.1. The van der Waals surface area contributed by atoms with E-state index in [1.807, 2.05) is 30.3 Å². The van der Waals surface area contributed by atoms with Crippen molar-refractivity contribution < 1.29 is 12.6 Å². The molecule has 0 radical (unpaired) electrons. The first-order valence-corrected chi connectivity index (χ1v) is 5.78. The number of rotatable bonds is 3. The number of hydrogen-bond acceptors (Lipinski definition) is 3. The van der Waals surface area contributed by atoms with Gasteiger partial charge in [0.15, 0.2) is 5.75 Å². The van der Waals surface area contributed by atoms with Crippen LogP contribution in [0.5, 0.6) is 5.75 Å². The van der Waals surface area contributed by atoms with E-state index >= 15 is 0 Å². The van der Waals surface area contributed by atoms with E-state index in [1.165, 1.54) is 0 Å². The molecule has 0 saturated carbocycles. The van der Waals surface area contributed by atoms with Gasteiger partial charge in [0.05, 0.1) is 0 Å². The van der Waals surface area contributed by atoms with Crippen molar-refractivity contribution in [2.45, 2.75) is 0 Å². The van der Waals surface area contributed by atoms with E-state index in [0.29, 0.717) is 11.3 Å². The molecule has 0 atom stereocenters. The fourth-order valence-electron chi connectivity index (χ4n) is 1.60. The Bertz CT molecular complexity index is 607. The molecular weight excluding hydrogens is 224 g/mol. The number of thiol groups is 1. The molecule has 0 N–H and O–H groups in total. The van der Waals surface area contributed by atoms with Gasteiger partial charge in [0.25, 0.3) is 11.0 Å². The van der Waals surface area contributed by atoms with Gasteiger partial charge >= 0.3 is 0 Å². The Labute approximate surface area is 95.1 Å². The maximum Gasteiger partial charge on any atom is 0.299 e. The van der Waals surface area contributed by atoms with E-state index in [9.17, 15) is 8.42 Å². The van der Waals surface area contributed by atoms with E-state index in [0.717, 1.165) is 10.8 Å². The van der Waals surface area contributed by atoms with E-state index < -0.39 is 11.0 Å². The van der Waals surface area contributed by atoms with Crippen LogP contribution in [-0.2, 0) is 11.0 Å². The molecular formula is C12H10O3S. The van der Waals surface area contributed by atoms with Crippen LogP contribution in [0.25, 0.3) is 16.8 Å². The zero-order chi connectivity index (χ0) is 11.5. The highest BCUT2D eigenvalue weighted by Crippen LogP contribution is 2.30. The molecule has 2 rings (SSSR count). The van der Waals surface area contributed by atoms with Crippen molar-refractivity contribution in [1.82, 2.24) is 0 Å². The monoisotopic (exact) mass is 234 g/mol. The van der Waals surface area contributed by atoms with Crippen LogP contribution in [0.4, 0.5) is 0 Å². The van der Waals surface area contributed by atoms with Crippen molar-refractivity contribution >= 4 is 27.8 Å². The van der Waals surface area contributed by atoms with Crippen LogP contribution >= 0.6 is 0 Å². The minimum atomic E-state index is -2.92. The molecule has 0 aromatic heterocycles. The third kappa shape index (κ3) is 1.92. The Morgan fingerprint density at radius 2 is 1.88 bits per heavy atom. The van der Waals surface area contributed by atoms with Crippen LogP contribution in [0.3, 0.4) is 0 Å². The minimum absolute atomic E-state index is 0.337. The molecule has 0 aliphatic rings. The molecule has 0 aliphatic heterocycles. The summed E-state index contributed by atoms with van der Waals surface area (Å²) >= 11 is 0. The minimum Gasteiger partial charge on any atom is -0.383 e. The van der Waals surface area contributed by atoms with Crippen molar-refractivity contribution in [3.63, 3.8) is 0 Å². The van der Waals surface area contributed by atoms with Gasteiger partial charge in [-0.2, -0.15) is 8.42 Å². The average molecular weight is 234 g/mol. The Morgan fingerprint density at radius 3 is 2.56 bits per heavy atom. The van der Waals surface area contributed by atoms with Crippen molar-refractivity contribution in [3.8, 4) is 5.75 Å². The topological polar surface area (TPSA) is 43.4 Å². The standard InChI is InChI=1S/C12H10O3S/c1-2-9-7-8-10-5-3-4-6-11(10)12(9)15-16(13)14/h2-8,16H,1H2. The zero-order valence-electron chi connectivity index (χ0n) is 8.42. The summed E-state index contributed by atoms with van der Waals surface area (Å²) in [6.07, 6.45) is 1.57. The van der Waals surface area contributed by atoms with Gasteiger partial charge in [-0.05, 0) is 5.39 Å². The molecule has 82 valence electrons. The molecule has 3 nitrogen and oxygen atoms in total. The Balaban J connectivity index is 2.77. The second kappa shape index (κ2) is 4.37. The third-order valence-corrected chi connectivity index (χ3v) is 2.63. The maximum absolute atomic E-state index is 10.7. The summed E-state index contributed by atoms with van der Waals surface area (Å²) in [7, 11) is -2.92. The van der Waals surface area contributed by atoms with Crippen LogP contribution in [-0.4, -0.2) is 8.42 Å². The summed E-state index contributed by atoms with van der Waals surface area (Å²) in [4.78, 5) is 0. The van der Waals surface area contributed by atoms with Gasteiger partial charge in [-0.25, -0.2) is 0 Å². The predicted octanol–water partition coefficient (Wildman–Crippen LogP) is 2.39. The van der Waals surface area contributed by atoms with Crippen molar-refractivity contribution in [1.29, 1.82) is 0 Å². The van der Waals surface area contributed by atoms with Gasteiger partial charge in [-0.1, -0.05) is 49.1 Å². The van der Waals surface area contributed by atoms with Crippen LogP contribution in [0.2, 0.25) is 0 Å². The molecule has 0 amide bonds. The van der Waals surface area contributed by atoms with Gasteiger partial charge in [0.1, 0.15) is 0 Å². The fraction of sp³-hybridized carbons (Fsp3) is 0. The lowest BCUT2D eigenvalue weighted by Gasteiger charge is -2.07. The first kappa shape index (κ1) is 10.7. The lowest BCUT2D eigenvalue weighted by molar-refractivity contribution is 0.513. The number of benzene rings is 2. The Morgan fingerprint density at radius 1 is 1.12 bits per heavy atom. The summed E-state index contributed by atoms with van der Waals surface area (Å²) < 4.78 is 26.2. The summed E-state index contributed by atoms with van der Waals surface area (Å²) in [6.45, 7) is 3.63. The predicted molar refractivity (Wildman–Crippen MR) is 65.0 cm³/mol. The summed E-state index contributed by atoms with van der Waals surface area (Å²) in [5.41, 5.74) is 0.665. The van der Waals surface area contributed by atoms with Gasteiger partial charge in [-0.3, -0.25) is 0 Å². The lowest BCUT2D eigenvalue weighted by Crippen LogP contribution is -1.93. The van der Waals surface area contributed by atoms with Crippen molar-refractivity contribution in [2.24, 2.45) is 0 Å². The van der Waals surface area contributed by atoms with E-state index in [1.54, 1.807) is 12.1 Å². The first-order valence-electron chi connectivity index (χ1n) is 4.69. The molecule has 0 heterocycles. The molecule has 16 heavy (non-hydrogen) atoms. The largest absolute Gasteiger partial charge is 0.383 e. The number of hydrogen-bond donors (Lipinski definition) is 1. The van der Waals surface area contributed by atoms with Gasteiger partial charge in [0.2, 0.25) is 0 Å². The van der Waals surface area contributed by atoms with Gasteiger partial charge in [0, 0.05) is 10.9 Å². The quantitative estimate of drug-likeness (QED) is 0.829. The molecule has 0 bridgehead atoms. The van der Waals surface area contributed by atoms with Crippen molar-refractivity contribution in [2.75, 3.05) is 0 Å². The highest BCUT2D eigenvalue weighted by Gasteiger charge is 2.07. The SMILES string of the molecule is C=Cc1ccc2ccccc2c1O[SH](=O)=O. The second-order valence-electron chi connectivity index (χ2n) is 3.22.